The van der Waals surface area contributed by atoms with Crippen LogP contribution in [0.15, 0.2) is 35.1 Å². The summed E-state index contributed by atoms with van der Waals surface area (Å²) in [5, 5.41) is 0. The van der Waals surface area contributed by atoms with Gasteiger partial charge in [0.25, 0.3) is 5.91 Å². The fraction of sp³-hybridized carbons (Fsp3) is 0.267. The molecule has 0 spiro atoms. The lowest BCUT2D eigenvalue weighted by Gasteiger charge is -2.33. The largest absolute Gasteiger partial charge is 0.487 e. The van der Waals surface area contributed by atoms with Crippen LogP contribution < -0.4 is 9.64 Å². The van der Waals surface area contributed by atoms with Crippen molar-refractivity contribution in [3.63, 3.8) is 0 Å². The van der Waals surface area contributed by atoms with Crippen LogP contribution in [0.3, 0.4) is 0 Å². The molecular formula is C15H14BrN3O2. The first kappa shape index (κ1) is 14.0. The van der Waals surface area contributed by atoms with Gasteiger partial charge in [0.05, 0.1) is 24.1 Å². The Morgan fingerprint density at radius 1 is 1.38 bits per heavy atom. The molecule has 1 atom stereocenters. The Hall–Kier alpha value is -1.95. The van der Waals surface area contributed by atoms with E-state index in [-0.39, 0.29) is 12.0 Å². The van der Waals surface area contributed by atoms with Crippen LogP contribution in [-0.4, -0.2) is 28.5 Å². The molecule has 21 heavy (non-hydrogen) atoms. The van der Waals surface area contributed by atoms with Crippen LogP contribution in [-0.2, 0) is 0 Å². The predicted octanol–water partition coefficient (Wildman–Crippen LogP) is 2.98. The summed E-state index contributed by atoms with van der Waals surface area (Å²) in [6.45, 7) is 4.26. The van der Waals surface area contributed by atoms with Crippen molar-refractivity contribution in [1.82, 2.24) is 9.97 Å². The molecule has 2 heterocycles. The van der Waals surface area contributed by atoms with Crippen LogP contribution in [0.2, 0.25) is 0 Å². The zero-order valence-electron chi connectivity index (χ0n) is 11.7. The molecule has 0 aliphatic carbocycles. The van der Waals surface area contributed by atoms with Crippen LogP contribution in [0.4, 0.5) is 5.69 Å². The van der Waals surface area contributed by atoms with Crippen molar-refractivity contribution < 1.29 is 9.53 Å². The molecule has 1 aliphatic heterocycles. The molecule has 1 amide bonds. The Kier molecular flexibility index (Phi) is 3.63. The lowest BCUT2D eigenvalue weighted by Crippen LogP contribution is -2.42. The standard InChI is InChI=1S/C15H14BrN3O2/c1-9-6-18-12(7-17-9)15(20)19-8-10(2)21-14-4-3-11(16)5-13(14)19/h3-7,10H,8H2,1-2H3/t10-/m1/s1. The molecule has 0 bridgehead atoms. The van der Waals surface area contributed by atoms with Gasteiger partial charge in [0.15, 0.2) is 0 Å². The number of nitrogens with zero attached hydrogens (tertiary/aromatic N) is 3. The SMILES string of the molecule is Cc1cnc(C(=O)N2C[C@@H](C)Oc3ccc(Br)cc32)cn1. The molecule has 2 aromatic rings. The Morgan fingerprint density at radius 3 is 2.90 bits per heavy atom. The Balaban J connectivity index is 2.00. The first-order valence-electron chi connectivity index (χ1n) is 6.61. The smallest absolute Gasteiger partial charge is 0.278 e. The van der Waals surface area contributed by atoms with E-state index in [4.69, 9.17) is 4.74 Å². The van der Waals surface area contributed by atoms with Gasteiger partial charge < -0.3 is 4.74 Å². The van der Waals surface area contributed by atoms with E-state index in [9.17, 15) is 4.79 Å². The number of rotatable bonds is 1. The summed E-state index contributed by atoms with van der Waals surface area (Å²) in [4.78, 5) is 22.7. The maximum atomic E-state index is 12.7. The molecule has 0 N–H and O–H groups in total. The van der Waals surface area contributed by atoms with E-state index < -0.39 is 0 Å². The van der Waals surface area contributed by atoms with Crippen molar-refractivity contribution in [2.45, 2.75) is 20.0 Å². The van der Waals surface area contributed by atoms with Gasteiger partial charge in [-0.15, -0.1) is 0 Å². The highest BCUT2D eigenvalue weighted by Gasteiger charge is 2.29. The highest BCUT2D eigenvalue weighted by Crippen LogP contribution is 2.36. The third-order valence-corrected chi connectivity index (χ3v) is 3.72. The molecular weight excluding hydrogens is 334 g/mol. The monoisotopic (exact) mass is 347 g/mol. The number of anilines is 1. The summed E-state index contributed by atoms with van der Waals surface area (Å²) in [6.07, 6.45) is 3.04. The first-order valence-corrected chi connectivity index (χ1v) is 7.40. The Labute approximate surface area is 131 Å². The van der Waals surface area contributed by atoms with Gasteiger partial charge >= 0.3 is 0 Å². The molecule has 5 nitrogen and oxygen atoms in total. The summed E-state index contributed by atoms with van der Waals surface area (Å²) in [7, 11) is 0. The Bertz CT molecular complexity index is 688. The summed E-state index contributed by atoms with van der Waals surface area (Å²) in [5.41, 5.74) is 1.86. The van der Waals surface area contributed by atoms with Gasteiger partial charge in [-0.2, -0.15) is 0 Å². The number of aromatic nitrogens is 2. The summed E-state index contributed by atoms with van der Waals surface area (Å²) < 4.78 is 6.67. The molecule has 0 radical (unpaired) electrons. The highest BCUT2D eigenvalue weighted by atomic mass is 79.9. The maximum Gasteiger partial charge on any atom is 0.278 e. The van der Waals surface area contributed by atoms with Crippen LogP contribution in [0.1, 0.15) is 23.1 Å². The van der Waals surface area contributed by atoms with E-state index in [0.29, 0.717) is 18.0 Å². The molecule has 108 valence electrons. The van der Waals surface area contributed by atoms with E-state index in [2.05, 4.69) is 25.9 Å². The van der Waals surface area contributed by atoms with Crippen molar-refractivity contribution in [2.75, 3.05) is 11.4 Å². The van der Waals surface area contributed by atoms with Crippen LogP contribution in [0, 0.1) is 6.92 Å². The number of ether oxygens (including phenoxy) is 1. The number of hydrogen-bond donors (Lipinski definition) is 0. The number of hydrogen-bond acceptors (Lipinski definition) is 4. The van der Waals surface area contributed by atoms with E-state index in [1.807, 2.05) is 32.0 Å². The van der Waals surface area contributed by atoms with Crippen LogP contribution >= 0.6 is 15.9 Å². The second-order valence-corrected chi connectivity index (χ2v) is 5.91. The second kappa shape index (κ2) is 5.44. The third kappa shape index (κ3) is 2.76. The molecule has 1 aliphatic rings. The second-order valence-electron chi connectivity index (χ2n) is 5.00. The first-order chi connectivity index (χ1) is 10.0. The van der Waals surface area contributed by atoms with E-state index in [0.717, 1.165) is 15.9 Å². The van der Waals surface area contributed by atoms with E-state index in [1.54, 1.807) is 11.1 Å². The lowest BCUT2D eigenvalue weighted by atomic mass is 10.2. The molecule has 1 aromatic carbocycles. The van der Waals surface area contributed by atoms with Gasteiger partial charge in [-0.05, 0) is 32.0 Å². The molecule has 0 saturated carbocycles. The van der Waals surface area contributed by atoms with Crippen LogP contribution in [0.25, 0.3) is 0 Å². The minimum atomic E-state index is -0.169. The van der Waals surface area contributed by atoms with Crippen molar-refractivity contribution >= 4 is 27.5 Å². The predicted molar refractivity (Wildman–Crippen MR) is 82.7 cm³/mol. The molecule has 1 aromatic heterocycles. The third-order valence-electron chi connectivity index (χ3n) is 3.22. The molecule has 3 rings (SSSR count). The zero-order valence-corrected chi connectivity index (χ0v) is 13.3. The van der Waals surface area contributed by atoms with Crippen molar-refractivity contribution in [1.29, 1.82) is 0 Å². The molecule has 0 saturated heterocycles. The normalized spacial score (nSPS) is 17.1. The summed E-state index contributed by atoms with van der Waals surface area (Å²) in [5.74, 6) is 0.530. The zero-order chi connectivity index (χ0) is 15.0. The number of carbonyl (C=O) groups excluding carboxylic acids is 1. The summed E-state index contributed by atoms with van der Waals surface area (Å²) >= 11 is 3.43. The van der Waals surface area contributed by atoms with Gasteiger partial charge in [0, 0.05) is 10.7 Å². The number of carbonyl (C=O) groups is 1. The molecule has 0 fully saturated rings. The van der Waals surface area contributed by atoms with E-state index >= 15 is 0 Å². The van der Waals surface area contributed by atoms with Gasteiger partial charge in [0.2, 0.25) is 0 Å². The fourth-order valence-corrected chi connectivity index (χ4v) is 2.59. The number of halogens is 1. The minimum Gasteiger partial charge on any atom is -0.487 e. The van der Waals surface area contributed by atoms with Crippen molar-refractivity contribution in [3.05, 3.63) is 46.5 Å². The fourth-order valence-electron chi connectivity index (χ4n) is 2.24. The minimum absolute atomic E-state index is 0.0685. The number of amides is 1. The van der Waals surface area contributed by atoms with E-state index in [1.165, 1.54) is 6.20 Å². The van der Waals surface area contributed by atoms with Gasteiger partial charge in [-0.25, -0.2) is 4.98 Å². The van der Waals surface area contributed by atoms with Crippen molar-refractivity contribution in [3.8, 4) is 5.75 Å². The molecule has 6 heteroatoms. The lowest BCUT2D eigenvalue weighted by molar-refractivity contribution is 0.0956. The van der Waals surface area contributed by atoms with Gasteiger partial charge in [-0.1, -0.05) is 15.9 Å². The average Bonchev–Trinajstić information content (AvgIpc) is 2.47. The topological polar surface area (TPSA) is 55.3 Å². The number of fused-ring (bicyclic) bond motifs is 1. The summed E-state index contributed by atoms with van der Waals surface area (Å²) in [6, 6.07) is 5.63. The van der Waals surface area contributed by atoms with Crippen LogP contribution in [0.5, 0.6) is 5.75 Å². The quantitative estimate of drug-likeness (QED) is 0.795. The van der Waals surface area contributed by atoms with Gasteiger partial charge in [0.1, 0.15) is 17.5 Å². The number of benzene rings is 1. The maximum absolute atomic E-state index is 12.7. The van der Waals surface area contributed by atoms with Crippen molar-refractivity contribution in [2.24, 2.45) is 0 Å². The average molecular weight is 348 g/mol. The Morgan fingerprint density at radius 2 is 2.19 bits per heavy atom. The molecule has 0 unspecified atom stereocenters. The number of aryl methyl sites for hydroxylation is 1. The van der Waals surface area contributed by atoms with Gasteiger partial charge in [-0.3, -0.25) is 14.7 Å². The highest BCUT2D eigenvalue weighted by molar-refractivity contribution is 9.10.